The van der Waals surface area contributed by atoms with Crippen LogP contribution in [0.5, 0.6) is 0 Å². The van der Waals surface area contributed by atoms with Gasteiger partial charge in [0.15, 0.2) is 0 Å². The molecule has 0 N–H and O–H groups in total. The largest absolute Gasteiger partial charge is 1.00 e. The Morgan fingerprint density at radius 1 is 1.00 bits per heavy atom. The van der Waals surface area contributed by atoms with Gasteiger partial charge in [-0.05, 0) is 26.3 Å². The molecule has 0 saturated heterocycles. The minimum atomic E-state index is 0. The molecule has 17 heavy (non-hydrogen) atoms. The number of rotatable bonds is 6. The molecule has 0 fully saturated rings. The number of hydrogen-bond donors (Lipinski definition) is 0. The highest BCUT2D eigenvalue weighted by Crippen LogP contribution is 2.15. The maximum Gasteiger partial charge on any atom is 0.104 e. The van der Waals surface area contributed by atoms with E-state index in [1.807, 2.05) is 6.08 Å². The molecule has 96 valence electrons. The van der Waals surface area contributed by atoms with Gasteiger partial charge in [0.2, 0.25) is 0 Å². The summed E-state index contributed by atoms with van der Waals surface area (Å²) in [5, 5.41) is 0. The fraction of sp³-hybridized carbons (Fsp3) is 0.467. The molecule has 0 unspecified atom stereocenters. The molecule has 0 radical (unpaired) electrons. The van der Waals surface area contributed by atoms with Gasteiger partial charge in [-0.1, -0.05) is 36.9 Å². The van der Waals surface area contributed by atoms with E-state index in [2.05, 4.69) is 51.6 Å². The molecule has 0 amide bonds. The first-order chi connectivity index (χ1) is 7.69. The van der Waals surface area contributed by atoms with Crippen LogP contribution in [0.15, 0.2) is 30.8 Å². The van der Waals surface area contributed by atoms with Crippen LogP contribution in [0.25, 0.3) is 6.08 Å². The normalized spacial score (nSPS) is 10.8. The third-order valence-electron chi connectivity index (χ3n) is 3.75. The van der Waals surface area contributed by atoms with Gasteiger partial charge in [0.25, 0.3) is 0 Å². The van der Waals surface area contributed by atoms with E-state index in [0.717, 1.165) is 6.54 Å². The van der Waals surface area contributed by atoms with Crippen molar-refractivity contribution in [3.63, 3.8) is 0 Å². The molecule has 1 aromatic carbocycles. The second-order valence-electron chi connectivity index (χ2n) is 4.39. The third-order valence-corrected chi connectivity index (χ3v) is 3.75. The quantitative estimate of drug-likeness (QED) is 0.679. The molecule has 1 rings (SSSR count). The van der Waals surface area contributed by atoms with Crippen molar-refractivity contribution in [1.29, 1.82) is 0 Å². The van der Waals surface area contributed by atoms with Gasteiger partial charge in [-0.2, -0.15) is 0 Å². The molecule has 1 nitrogen and oxygen atoms in total. The van der Waals surface area contributed by atoms with Crippen molar-refractivity contribution < 1.29 is 21.5 Å². The smallest absolute Gasteiger partial charge is 0.104 e. The standard InChI is InChI=1S/C15H24N.BrH/c1-5-14-9-11-15(12-10-14)13-16(6-2,7-3)8-4;/h5,9-12H,1,6-8,13H2,2-4H3;1H/q+1;/p-1. The molecule has 0 spiro atoms. The van der Waals surface area contributed by atoms with Gasteiger partial charge >= 0.3 is 0 Å². The van der Waals surface area contributed by atoms with Crippen LogP contribution in [0.1, 0.15) is 31.9 Å². The van der Waals surface area contributed by atoms with Gasteiger partial charge in [-0.25, -0.2) is 0 Å². The van der Waals surface area contributed by atoms with Crippen LogP contribution in [-0.4, -0.2) is 24.1 Å². The van der Waals surface area contributed by atoms with E-state index in [1.54, 1.807) is 0 Å². The summed E-state index contributed by atoms with van der Waals surface area (Å²) in [4.78, 5) is 0. The lowest BCUT2D eigenvalue weighted by atomic mass is 10.1. The van der Waals surface area contributed by atoms with Gasteiger partial charge in [-0.3, -0.25) is 0 Å². The summed E-state index contributed by atoms with van der Waals surface area (Å²) >= 11 is 0. The number of quaternary nitrogens is 1. The summed E-state index contributed by atoms with van der Waals surface area (Å²) in [6.45, 7) is 15.4. The molecule has 0 aromatic heterocycles. The average Bonchev–Trinajstić information content (AvgIpc) is 2.37. The van der Waals surface area contributed by atoms with Crippen molar-refractivity contribution >= 4 is 6.08 Å². The second kappa shape index (κ2) is 7.67. The van der Waals surface area contributed by atoms with Crippen molar-refractivity contribution in [3.8, 4) is 0 Å². The van der Waals surface area contributed by atoms with Crippen molar-refractivity contribution in [2.45, 2.75) is 27.3 Å². The Morgan fingerprint density at radius 2 is 1.47 bits per heavy atom. The summed E-state index contributed by atoms with van der Waals surface area (Å²) < 4.78 is 1.17. The highest BCUT2D eigenvalue weighted by Gasteiger charge is 2.20. The van der Waals surface area contributed by atoms with Crippen LogP contribution in [0.2, 0.25) is 0 Å². The molecule has 0 heterocycles. The Kier molecular flexibility index (Phi) is 7.40. The topological polar surface area (TPSA) is 0 Å². The summed E-state index contributed by atoms with van der Waals surface area (Å²) in [7, 11) is 0. The van der Waals surface area contributed by atoms with E-state index in [4.69, 9.17) is 0 Å². The van der Waals surface area contributed by atoms with E-state index >= 15 is 0 Å². The molecule has 0 saturated carbocycles. The first-order valence-electron chi connectivity index (χ1n) is 6.26. The Labute approximate surface area is 117 Å². The van der Waals surface area contributed by atoms with Gasteiger partial charge in [0.1, 0.15) is 6.54 Å². The summed E-state index contributed by atoms with van der Waals surface area (Å²) in [6, 6.07) is 8.76. The maximum atomic E-state index is 3.78. The predicted molar refractivity (Wildman–Crippen MR) is 72.1 cm³/mol. The lowest BCUT2D eigenvalue weighted by molar-refractivity contribution is -0.936. The highest BCUT2D eigenvalue weighted by molar-refractivity contribution is 5.47. The zero-order valence-electron chi connectivity index (χ0n) is 11.2. The van der Waals surface area contributed by atoms with Gasteiger partial charge in [0, 0.05) is 5.56 Å². The molecule has 0 aliphatic heterocycles. The Bertz CT molecular complexity index is 317. The first kappa shape index (κ1) is 16.4. The number of benzene rings is 1. The molecule has 0 aliphatic rings. The van der Waals surface area contributed by atoms with Crippen LogP contribution in [0.3, 0.4) is 0 Å². The zero-order chi connectivity index (χ0) is 12.0. The van der Waals surface area contributed by atoms with E-state index < -0.39 is 0 Å². The molecule has 0 atom stereocenters. The van der Waals surface area contributed by atoms with Crippen LogP contribution < -0.4 is 17.0 Å². The van der Waals surface area contributed by atoms with Crippen LogP contribution in [0, 0.1) is 0 Å². The van der Waals surface area contributed by atoms with Gasteiger partial charge in [0.05, 0.1) is 19.6 Å². The minimum Gasteiger partial charge on any atom is -1.00 e. The minimum absolute atomic E-state index is 0. The van der Waals surface area contributed by atoms with Crippen molar-refractivity contribution in [1.82, 2.24) is 0 Å². The zero-order valence-corrected chi connectivity index (χ0v) is 12.8. The molecule has 2 heteroatoms. The average molecular weight is 298 g/mol. The summed E-state index contributed by atoms with van der Waals surface area (Å²) in [5.41, 5.74) is 2.63. The fourth-order valence-electron chi connectivity index (χ4n) is 2.15. The number of halogens is 1. The summed E-state index contributed by atoms with van der Waals surface area (Å²) in [5.74, 6) is 0. The lowest BCUT2D eigenvalue weighted by Gasteiger charge is -2.35. The molecular weight excluding hydrogens is 274 g/mol. The van der Waals surface area contributed by atoms with Gasteiger partial charge in [-0.15, -0.1) is 0 Å². The van der Waals surface area contributed by atoms with Crippen molar-refractivity contribution in [2.24, 2.45) is 0 Å². The SMILES string of the molecule is C=Cc1ccc(C[N+](CC)(CC)CC)cc1.[Br-]. The molecule has 1 aromatic rings. The monoisotopic (exact) mass is 297 g/mol. The van der Waals surface area contributed by atoms with E-state index in [0.29, 0.717) is 0 Å². The molecule has 0 aliphatic carbocycles. The van der Waals surface area contributed by atoms with E-state index in [-0.39, 0.29) is 17.0 Å². The number of nitrogens with zero attached hydrogens (tertiary/aromatic N) is 1. The van der Waals surface area contributed by atoms with E-state index in [1.165, 1.54) is 35.2 Å². The maximum absolute atomic E-state index is 3.78. The Balaban J connectivity index is 0.00000256. The number of hydrogen-bond acceptors (Lipinski definition) is 0. The van der Waals surface area contributed by atoms with Gasteiger partial charge < -0.3 is 21.5 Å². The fourth-order valence-corrected chi connectivity index (χ4v) is 2.15. The Hall–Kier alpha value is -0.600. The van der Waals surface area contributed by atoms with Crippen molar-refractivity contribution in [3.05, 3.63) is 42.0 Å². The van der Waals surface area contributed by atoms with Crippen LogP contribution >= 0.6 is 0 Å². The van der Waals surface area contributed by atoms with Crippen LogP contribution in [0.4, 0.5) is 0 Å². The molecule has 0 bridgehead atoms. The third kappa shape index (κ3) is 4.29. The van der Waals surface area contributed by atoms with Crippen molar-refractivity contribution in [2.75, 3.05) is 19.6 Å². The lowest BCUT2D eigenvalue weighted by Crippen LogP contribution is -3.00. The summed E-state index contributed by atoms with van der Waals surface area (Å²) in [6.07, 6.45) is 1.89. The first-order valence-corrected chi connectivity index (χ1v) is 6.26. The highest BCUT2D eigenvalue weighted by atomic mass is 79.9. The van der Waals surface area contributed by atoms with Crippen LogP contribution in [-0.2, 0) is 6.54 Å². The molecular formula is C15H24BrN. The Morgan fingerprint density at radius 3 is 1.82 bits per heavy atom. The predicted octanol–water partition coefficient (Wildman–Crippen LogP) is 0.710. The van der Waals surface area contributed by atoms with E-state index in [9.17, 15) is 0 Å². The second-order valence-corrected chi connectivity index (χ2v) is 4.39.